The summed E-state index contributed by atoms with van der Waals surface area (Å²) >= 11 is 0. The van der Waals surface area contributed by atoms with Crippen LogP contribution in [0.5, 0.6) is 0 Å². The number of benzene rings is 1. The van der Waals surface area contributed by atoms with Crippen molar-refractivity contribution >= 4 is 18.4 Å². The van der Waals surface area contributed by atoms with Crippen molar-refractivity contribution in [1.82, 2.24) is 4.90 Å². The monoisotopic (exact) mass is 341 g/mol. The second-order valence-corrected chi connectivity index (χ2v) is 6.08. The number of hydrogen-bond acceptors (Lipinski definition) is 2. The average Bonchev–Trinajstić information content (AvgIpc) is 2.51. The lowest BCUT2D eigenvalue weighted by molar-refractivity contribution is -0.140. The minimum atomic E-state index is -0.707. The Morgan fingerprint density at radius 2 is 1.70 bits per heavy atom. The Morgan fingerprint density at radius 1 is 1.09 bits per heavy atom. The number of carboxylic acid groups (broad SMARTS) is 1. The summed E-state index contributed by atoms with van der Waals surface area (Å²) in [5.74, 6) is -0.917. The quantitative estimate of drug-likeness (QED) is 0.587. The maximum atomic E-state index is 11.6. The topological polar surface area (TPSA) is 40.5 Å². The zero-order valence-corrected chi connectivity index (χ0v) is 15.5. The Balaban J connectivity index is 0.00000484. The molecule has 3 nitrogen and oxygen atoms in total. The van der Waals surface area contributed by atoms with Crippen molar-refractivity contribution in [3.63, 3.8) is 0 Å². The summed E-state index contributed by atoms with van der Waals surface area (Å²) in [6.07, 6.45) is 4.47. The van der Waals surface area contributed by atoms with Crippen LogP contribution in [0.1, 0.15) is 57.9 Å². The lowest BCUT2D eigenvalue weighted by Gasteiger charge is -2.21. The van der Waals surface area contributed by atoms with Gasteiger partial charge in [-0.1, -0.05) is 63.9 Å². The predicted molar refractivity (Wildman–Crippen MR) is 99.5 cm³/mol. The maximum Gasteiger partial charge on any atom is 0.311 e. The van der Waals surface area contributed by atoms with E-state index in [1.165, 1.54) is 12.8 Å². The normalized spacial score (nSPS) is 13.4. The largest absolute Gasteiger partial charge is 0.481 e. The van der Waals surface area contributed by atoms with Gasteiger partial charge in [-0.15, -0.1) is 12.4 Å². The van der Waals surface area contributed by atoms with E-state index < -0.39 is 5.97 Å². The van der Waals surface area contributed by atoms with Gasteiger partial charge < -0.3 is 10.0 Å². The third kappa shape index (κ3) is 7.85. The molecular formula is C19H32ClNO2. The van der Waals surface area contributed by atoms with E-state index in [0.717, 1.165) is 38.0 Å². The third-order valence-electron chi connectivity index (χ3n) is 4.52. The molecule has 0 saturated carbocycles. The highest BCUT2D eigenvalue weighted by molar-refractivity contribution is 5.85. The summed E-state index contributed by atoms with van der Waals surface area (Å²) in [6, 6.07) is 9.62. The molecule has 0 radical (unpaired) electrons. The van der Waals surface area contributed by atoms with E-state index in [9.17, 15) is 9.90 Å². The molecule has 2 atom stereocenters. The molecule has 1 N–H and O–H groups in total. The highest BCUT2D eigenvalue weighted by Crippen LogP contribution is 2.28. The second kappa shape index (κ2) is 12.4. The summed E-state index contributed by atoms with van der Waals surface area (Å²) < 4.78 is 0. The molecule has 0 saturated heterocycles. The van der Waals surface area contributed by atoms with Crippen LogP contribution in [0.3, 0.4) is 0 Å². The molecule has 1 aromatic rings. The van der Waals surface area contributed by atoms with E-state index in [1.807, 2.05) is 30.3 Å². The number of halogens is 1. The third-order valence-corrected chi connectivity index (χ3v) is 4.52. The number of carboxylic acids is 1. The Labute approximate surface area is 147 Å². The molecule has 0 bridgehead atoms. The van der Waals surface area contributed by atoms with Crippen molar-refractivity contribution in [2.45, 2.75) is 52.4 Å². The van der Waals surface area contributed by atoms with Gasteiger partial charge in [-0.3, -0.25) is 4.79 Å². The van der Waals surface area contributed by atoms with Crippen molar-refractivity contribution in [3.8, 4) is 0 Å². The van der Waals surface area contributed by atoms with E-state index in [4.69, 9.17) is 0 Å². The molecule has 23 heavy (non-hydrogen) atoms. The number of nitrogens with zero attached hydrogens (tertiary/aromatic N) is 1. The summed E-state index contributed by atoms with van der Waals surface area (Å²) in [5.41, 5.74) is 0.922. The van der Waals surface area contributed by atoms with Gasteiger partial charge in [-0.25, -0.2) is 0 Å². The van der Waals surface area contributed by atoms with E-state index in [0.29, 0.717) is 0 Å². The number of unbranched alkanes of at least 4 members (excludes halogenated alkanes) is 2. The van der Waals surface area contributed by atoms with Gasteiger partial charge in [0.1, 0.15) is 0 Å². The fourth-order valence-corrected chi connectivity index (χ4v) is 3.06. The van der Waals surface area contributed by atoms with Crippen LogP contribution in [0.2, 0.25) is 0 Å². The maximum absolute atomic E-state index is 11.6. The lowest BCUT2D eigenvalue weighted by Crippen LogP contribution is -2.24. The minimum absolute atomic E-state index is 0. The van der Waals surface area contributed by atoms with Crippen molar-refractivity contribution in [1.29, 1.82) is 0 Å². The molecule has 4 heteroatoms. The zero-order valence-electron chi connectivity index (χ0n) is 14.7. The lowest BCUT2D eigenvalue weighted by atomic mass is 9.84. The summed E-state index contributed by atoms with van der Waals surface area (Å²) in [4.78, 5) is 14.0. The fraction of sp³-hybridized carbons (Fsp3) is 0.632. The molecule has 0 aliphatic heterocycles. The molecule has 1 aromatic carbocycles. The molecule has 1 rings (SSSR count). The molecule has 0 spiro atoms. The molecular weight excluding hydrogens is 310 g/mol. The molecule has 0 fully saturated rings. The molecule has 0 aliphatic rings. The Bertz CT molecular complexity index is 421. The van der Waals surface area contributed by atoms with Crippen LogP contribution in [-0.2, 0) is 4.79 Å². The van der Waals surface area contributed by atoms with Gasteiger partial charge in [-0.05, 0) is 44.0 Å². The average molecular weight is 342 g/mol. The van der Waals surface area contributed by atoms with Crippen molar-refractivity contribution in [2.75, 3.05) is 19.6 Å². The zero-order chi connectivity index (χ0) is 16.4. The van der Waals surface area contributed by atoms with Crippen LogP contribution in [0, 0.1) is 5.92 Å². The smallest absolute Gasteiger partial charge is 0.311 e. The van der Waals surface area contributed by atoms with Gasteiger partial charge in [0.05, 0.1) is 5.92 Å². The number of aliphatic carboxylic acids is 1. The first-order valence-electron chi connectivity index (χ1n) is 8.60. The molecule has 0 amide bonds. The van der Waals surface area contributed by atoms with Gasteiger partial charge in [0, 0.05) is 0 Å². The molecule has 132 valence electrons. The SMILES string of the molecule is CCN(CC)CCCCCC(C)C(C(=O)O)c1ccccc1.Cl. The van der Waals surface area contributed by atoms with Gasteiger partial charge in [0.15, 0.2) is 0 Å². The van der Waals surface area contributed by atoms with Crippen LogP contribution in [0.25, 0.3) is 0 Å². The van der Waals surface area contributed by atoms with Crippen molar-refractivity contribution in [3.05, 3.63) is 35.9 Å². The van der Waals surface area contributed by atoms with Crippen LogP contribution < -0.4 is 0 Å². The number of hydrogen-bond donors (Lipinski definition) is 1. The van der Waals surface area contributed by atoms with E-state index >= 15 is 0 Å². The Morgan fingerprint density at radius 3 is 2.22 bits per heavy atom. The second-order valence-electron chi connectivity index (χ2n) is 6.08. The highest BCUT2D eigenvalue weighted by Gasteiger charge is 2.25. The number of rotatable bonds is 11. The fourth-order valence-electron chi connectivity index (χ4n) is 3.06. The Kier molecular flexibility index (Phi) is 11.8. The van der Waals surface area contributed by atoms with Crippen LogP contribution in [0.4, 0.5) is 0 Å². The van der Waals surface area contributed by atoms with Crippen LogP contribution in [-0.4, -0.2) is 35.6 Å². The van der Waals surface area contributed by atoms with Gasteiger partial charge in [0.2, 0.25) is 0 Å². The molecule has 0 aliphatic carbocycles. The predicted octanol–water partition coefficient (Wildman–Crippen LogP) is 4.81. The first-order valence-corrected chi connectivity index (χ1v) is 8.60. The van der Waals surface area contributed by atoms with E-state index in [1.54, 1.807) is 0 Å². The van der Waals surface area contributed by atoms with Crippen LogP contribution >= 0.6 is 12.4 Å². The van der Waals surface area contributed by atoms with Gasteiger partial charge >= 0.3 is 5.97 Å². The molecule has 0 aromatic heterocycles. The summed E-state index contributed by atoms with van der Waals surface area (Å²) in [6.45, 7) is 9.84. The van der Waals surface area contributed by atoms with Crippen LogP contribution in [0.15, 0.2) is 30.3 Å². The molecule has 0 heterocycles. The highest BCUT2D eigenvalue weighted by atomic mass is 35.5. The van der Waals surface area contributed by atoms with E-state index in [2.05, 4.69) is 25.7 Å². The first kappa shape index (κ1) is 21.9. The standard InChI is InChI=1S/C19H31NO2.ClH/c1-4-20(5-2)15-11-7-8-12-16(3)18(19(21)22)17-13-9-6-10-14-17;/h6,9-10,13-14,16,18H,4-5,7-8,11-12,15H2,1-3H3,(H,21,22);1H. The Hall–Kier alpha value is -1.06. The molecule has 2 unspecified atom stereocenters. The minimum Gasteiger partial charge on any atom is -0.481 e. The first-order chi connectivity index (χ1) is 10.6. The number of carbonyl (C=O) groups is 1. The van der Waals surface area contributed by atoms with Crippen molar-refractivity contribution < 1.29 is 9.90 Å². The summed E-state index contributed by atoms with van der Waals surface area (Å²) in [5, 5.41) is 9.53. The summed E-state index contributed by atoms with van der Waals surface area (Å²) in [7, 11) is 0. The van der Waals surface area contributed by atoms with E-state index in [-0.39, 0.29) is 24.2 Å². The van der Waals surface area contributed by atoms with Crippen molar-refractivity contribution in [2.24, 2.45) is 5.92 Å². The van der Waals surface area contributed by atoms with Gasteiger partial charge in [-0.2, -0.15) is 0 Å². The van der Waals surface area contributed by atoms with Gasteiger partial charge in [0.25, 0.3) is 0 Å².